The molecule has 6 heteroatoms. The first-order valence-corrected chi connectivity index (χ1v) is 9.56. The summed E-state index contributed by atoms with van der Waals surface area (Å²) in [5.41, 5.74) is 9.50. The van der Waals surface area contributed by atoms with Gasteiger partial charge in [-0.1, -0.05) is 24.3 Å². The quantitative estimate of drug-likeness (QED) is 0.478. The van der Waals surface area contributed by atoms with Crippen molar-refractivity contribution in [2.45, 2.75) is 20.8 Å². The number of nitrogens with zero attached hydrogens (tertiary/aromatic N) is 2. The van der Waals surface area contributed by atoms with Crippen molar-refractivity contribution in [3.05, 3.63) is 59.2 Å². The van der Waals surface area contributed by atoms with Crippen molar-refractivity contribution in [1.29, 1.82) is 0 Å². The van der Waals surface area contributed by atoms with Crippen molar-refractivity contribution in [3.63, 3.8) is 0 Å². The second kappa shape index (κ2) is 8.97. The summed E-state index contributed by atoms with van der Waals surface area (Å²) < 4.78 is 5.41. The van der Waals surface area contributed by atoms with E-state index in [-0.39, 0.29) is 0 Å². The van der Waals surface area contributed by atoms with E-state index in [4.69, 9.17) is 17.0 Å². The first-order valence-electron chi connectivity index (χ1n) is 9.15. The minimum absolute atomic E-state index is 0.480. The third kappa shape index (κ3) is 5.05. The lowest BCUT2D eigenvalue weighted by Crippen LogP contribution is -2.36. The Hall–Kier alpha value is -2.44. The van der Waals surface area contributed by atoms with Gasteiger partial charge in [-0.2, -0.15) is 5.10 Å². The van der Waals surface area contributed by atoms with Crippen LogP contribution in [0.5, 0.6) is 0 Å². The summed E-state index contributed by atoms with van der Waals surface area (Å²) in [7, 11) is 0. The predicted octanol–water partition coefficient (Wildman–Crippen LogP) is 3.85. The van der Waals surface area contributed by atoms with Crippen molar-refractivity contribution >= 4 is 34.4 Å². The highest BCUT2D eigenvalue weighted by atomic mass is 32.1. The fourth-order valence-corrected chi connectivity index (χ4v) is 3.13. The zero-order valence-electron chi connectivity index (χ0n) is 16.1. The second-order valence-corrected chi connectivity index (χ2v) is 7.07. The van der Waals surface area contributed by atoms with E-state index < -0.39 is 0 Å². The number of ether oxygens (including phenoxy) is 1. The molecule has 1 heterocycles. The van der Waals surface area contributed by atoms with Crippen LogP contribution in [0, 0.1) is 13.8 Å². The number of morpholine rings is 1. The SMILES string of the molecule is CC(=NNC(=S)Nc1cccc(C)c1C)c1ccc(N2CCOCC2)cc1. The van der Waals surface area contributed by atoms with Gasteiger partial charge in [-0.05, 0) is 67.9 Å². The summed E-state index contributed by atoms with van der Waals surface area (Å²) in [5, 5.41) is 8.10. The second-order valence-electron chi connectivity index (χ2n) is 6.66. The highest BCUT2D eigenvalue weighted by molar-refractivity contribution is 7.80. The molecular weight excluding hydrogens is 356 g/mol. The van der Waals surface area contributed by atoms with Gasteiger partial charge in [-0.3, -0.25) is 5.43 Å². The molecule has 1 aliphatic rings. The molecule has 0 aromatic heterocycles. The highest BCUT2D eigenvalue weighted by Gasteiger charge is 2.11. The summed E-state index contributed by atoms with van der Waals surface area (Å²) >= 11 is 5.37. The van der Waals surface area contributed by atoms with E-state index in [1.54, 1.807) is 0 Å². The molecule has 0 spiro atoms. The van der Waals surface area contributed by atoms with Crippen molar-refractivity contribution in [2.24, 2.45) is 5.10 Å². The van der Waals surface area contributed by atoms with Crippen LogP contribution in [-0.4, -0.2) is 37.1 Å². The normalized spacial score (nSPS) is 14.8. The number of hydrogen-bond donors (Lipinski definition) is 2. The van der Waals surface area contributed by atoms with Gasteiger partial charge < -0.3 is 15.0 Å². The van der Waals surface area contributed by atoms with E-state index in [0.717, 1.165) is 43.3 Å². The van der Waals surface area contributed by atoms with E-state index >= 15 is 0 Å². The number of anilines is 2. The van der Waals surface area contributed by atoms with Crippen LogP contribution in [0.15, 0.2) is 47.6 Å². The molecule has 0 unspecified atom stereocenters. The number of thiocarbonyl (C=S) groups is 1. The molecular formula is C21H26N4OS. The Balaban J connectivity index is 1.59. The number of benzene rings is 2. The third-order valence-corrected chi connectivity index (χ3v) is 5.03. The molecule has 1 aliphatic heterocycles. The molecule has 0 amide bonds. The molecule has 142 valence electrons. The van der Waals surface area contributed by atoms with Gasteiger partial charge in [0.25, 0.3) is 0 Å². The smallest absolute Gasteiger partial charge is 0.191 e. The van der Waals surface area contributed by atoms with E-state index in [1.807, 2.05) is 19.1 Å². The van der Waals surface area contributed by atoms with Gasteiger partial charge >= 0.3 is 0 Å². The molecule has 2 aromatic rings. The molecule has 1 fully saturated rings. The first kappa shape index (κ1) is 19.3. The Bertz CT molecular complexity index is 827. The van der Waals surface area contributed by atoms with Crippen LogP contribution in [0.4, 0.5) is 11.4 Å². The number of hydrazone groups is 1. The Morgan fingerprint density at radius 1 is 1.07 bits per heavy atom. The monoisotopic (exact) mass is 382 g/mol. The molecule has 2 N–H and O–H groups in total. The average Bonchev–Trinajstić information content (AvgIpc) is 2.70. The van der Waals surface area contributed by atoms with Gasteiger partial charge in [0, 0.05) is 24.5 Å². The van der Waals surface area contributed by atoms with Crippen LogP contribution < -0.4 is 15.6 Å². The van der Waals surface area contributed by atoms with Crippen LogP contribution in [0.3, 0.4) is 0 Å². The van der Waals surface area contributed by atoms with Crippen LogP contribution in [0.2, 0.25) is 0 Å². The predicted molar refractivity (Wildman–Crippen MR) is 117 cm³/mol. The van der Waals surface area contributed by atoms with Gasteiger partial charge in [-0.25, -0.2) is 0 Å². The fourth-order valence-electron chi connectivity index (χ4n) is 2.97. The minimum Gasteiger partial charge on any atom is -0.378 e. The molecule has 1 saturated heterocycles. The molecule has 0 aliphatic carbocycles. The standard InChI is InChI=1S/C21H26N4OS/c1-15-5-4-6-20(16(15)2)22-21(27)24-23-17(3)18-7-9-19(10-8-18)25-11-13-26-14-12-25/h4-10H,11-14H2,1-3H3,(H2,22,24,27). The Morgan fingerprint density at radius 3 is 2.48 bits per heavy atom. The first-order chi connectivity index (χ1) is 13.0. The van der Waals surface area contributed by atoms with E-state index in [2.05, 4.69) is 64.9 Å². The Morgan fingerprint density at radius 2 is 1.78 bits per heavy atom. The lowest BCUT2D eigenvalue weighted by molar-refractivity contribution is 0.122. The Kier molecular flexibility index (Phi) is 6.42. The highest BCUT2D eigenvalue weighted by Crippen LogP contribution is 2.18. The maximum atomic E-state index is 5.41. The van der Waals surface area contributed by atoms with Gasteiger partial charge in [-0.15, -0.1) is 0 Å². The van der Waals surface area contributed by atoms with Crippen LogP contribution in [0.25, 0.3) is 0 Å². The summed E-state index contributed by atoms with van der Waals surface area (Å²) in [6, 6.07) is 14.5. The summed E-state index contributed by atoms with van der Waals surface area (Å²) in [5.74, 6) is 0. The van der Waals surface area contributed by atoms with Crippen LogP contribution in [-0.2, 0) is 4.74 Å². The van der Waals surface area contributed by atoms with Gasteiger partial charge in [0.2, 0.25) is 0 Å². The zero-order valence-corrected chi connectivity index (χ0v) is 16.9. The number of hydrogen-bond acceptors (Lipinski definition) is 4. The van der Waals surface area contributed by atoms with Gasteiger partial charge in [0.15, 0.2) is 5.11 Å². The maximum absolute atomic E-state index is 5.41. The topological polar surface area (TPSA) is 48.9 Å². The van der Waals surface area contributed by atoms with Crippen molar-refractivity contribution < 1.29 is 4.74 Å². The number of aryl methyl sites for hydroxylation is 1. The Labute approximate surface area is 166 Å². The number of rotatable bonds is 4. The van der Waals surface area contributed by atoms with Crippen molar-refractivity contribution in [2.75, 3.05) is 36.5 Å². The van der Waals surface area contributed by atoms with Gasteiger partial charge in [0.05, 0.1) is 18.9 Å². The fraction of sp³-hybridized carbons (Fsp3) is 0.333. The average molecular weight is 383 g/mol. The maximum Gasteiger partial charge on any atom is 0.191 e. The zero-order chi connectivity index (χ0) is 19.2. The number of nitrogens with one attached hydrogen (secondary N) is 2. The van der Waals surface area contributed by atoms with E-state index in [1.165, 1.54) is 16.8 Å². The summed E-state index contributed by atoms with van der Waals surface area (Å²) in [6.45, 7) is 9.58. The molecule has 0 bridgehead atoms. The molecule has 0 saturated carbocycles. The molecule has 27 heavy (non-hydrogen) atoms. The van der Waals surface area contributed by atoms with E-state index in [0.29, 0.717) is 5.11 Å². The third-order valence-electron chi connectivity index (χ3n) is 4.84. The molecule has 0 atom stereocenters. The van der Waals surface area contributed by atoms with Crippen molar-refractivity contribution in [3.8, 4) is 0 Å². The van der Waals surface area contributed by atoms with Crippen LogP contribution in [0.1, 0.15) is 23.6 Å². The molecule has 5 nitrogen and oxygen atoms in total. The summed E-state index contributed by atoms with van der Waals surface area (Å²) in [4.78, 5) is 2.33. The molecule has 0 radical (unpaired) electrons. The lowest BCUT2D eigenvalue weighted by atomic mass is 10.1. The van der Waals surface area contributed by atoms with Crippen LogP contribution >= 0.6 is 12.2 Å². The summed E-state index contributed by atoms with van der Waals surface area (Å²) in [6.07, 6.45) is 0. The van der Waals surface area contributed by atoms with Crippen molar-refractivity contribution in [1.82, 2.24) is 5.43 Å². The van der Waals surface area contributed by atoms with Gasteiger partial charge in [0.1, 0.15) is 0 Å². The molecule has 2 aromatic carbocycles. The molecule has 3 rings (SSSR count). The van der Waals surface area contributed by atoms with E-state index in [9.17, 15) is 0 Å². The minimum atomic E-state index is 0.480. The largest absolute Gasteiger partial charge is 0.378 e. The lowest BCUT2D eigenvalue weighted by Gasteiger charge is -2.28.